The third-order valence-electron chi connectivity index (χ3n) is 8.02. The van der Waals surface area contributed by atoms with Gasteiger partial charge in [-0.1, -0.05) is 60.7 Å². The number of aryl methyl sites for hydroxylation is 2. The zero-order chi connectivity index (χ0) is 29.8. The third kappa shape index (κ3) is 7.83. The highest BCUT2D eigenvalue weighted by Crippen LogP contribution is 2.32. The molecular formula is C33H42N2O5S. The van der Waals surface area contributed by atoms with E-state index in [0.717, 1.165) is 36.0 Å². The lowest BCUT2D eigenvalue weighted by atomic mass is 9.88. The quantitative estimate of drug-likeness (QED) is 0.268. The number of likely N-dealkylation sites (N-methyl/N-ethyl adjacent to an activating group) is 1. The van der Waals surface area contributed by atoms with Gasteiger partial charge in [0.05, 0.1) is 11.0 Å². The second-order valence-electron chi connectivity index (χ2n) is 12.0. The number of β-amino-alcohol motifs (C(OH)–C–C–N with tert-alkyl or cyclic N) is 1. The fourth-order valence-corrected chi connectivity index (χ4v) is 7.39. The Balaban J connectivity index is 1.36. The van der Waals surface area contributed by atoms with Crippen LogP contribution in [0, 0.1) is 12.8 Å². The van der Waals surface area contributed by atoms with Crippen LogP contribution in [0.3, 0.4) is 0 Å². The predicted octanol–water partition coefficient (Wildman–Crippen LogP) is 4.83. The molecule has 0 bridgehead atoms. The molecule has 0 spiro atoms. The van der Waals surface area contributed by atoms with Gasteiger partial charge in [-0.25, -0.2) is 8.42 Å². The van der Waals surface area contributed by atoms with Gasteiger partial charge in [0.1, 0.15) is 0 Å². The minimum atomic E-state index is -3.83. The van der Waals surface area contributed by atoms with Gasteiger partial charge >= 0.3 is 5.97 Å². The third-order valence-corrected chi connectivity index (χ3v) is 10.0. The van der Waals surface area contributed by atoms with Crippen LogP contribution >= 0.6 is 0 Å². The number of carboxylic acid groups (broad SMARTS) is 1. The Labute approximate surface area is 244 Å². The minimum Gasteiger partial charge on any atom is -0.481 e. The first-order valence-electron chi connectivity index (χ1n) is 14.2. The van der Waals surface area contributed by atoms with Gasteiger partial charge in [-0.3, -0.25) is 4.79 Å². The second-order valence-corrected chi connectivity index (χ2v) is 14.0. The van der Waals surface area contributed by atoms with E-state index in [4.69, 9.17) is 5.11 Å². The van der Waals surface area contributed by atoms with Gasteiger partial charge < -0.3 is 15.5 Å². The number of aliphatic hydroxyl groups is 1. The maximum Gasteiger partial charge on any atom is 0.303 e. The molecule has 0 radical (unpaired) electrons. The van der Waals surface area contributed by atoms with E-state index >= 15 is 0 Å². The van der Waals surface area contributed by atoms with Crippen molar-refractivity contribution in [2.45, 2.75) is 69.4 Å². The molecule has 0 heterocycles. The van der Waals surface area contributed by atoms with Crippen LogP contribution in [0.15, 0.2) is 71.6 Å². The number of hydrogen-bond donors (Lipinski definition) is 3. The van der Waals surface area contributed by atoms with Gasteiger partial charge in [0.2, 0.25) is 10.0 Å². The monoisotopic (exact) mass is 578 g/mol. The molecular weight excluding hydrogens is 536 g/mol. The summed E-state index contributed by atoms with van der Waals surface area (Å²) in [6.45, 7) is 6.28. The Morgan fingerprint density at radius 2 is 1.68 bits per heavy atom. The number of nitrogens with zero attached hydrogens (tertiary/aromatic N) is 1. The van der Waals surface area contributed by atoms with Crippen molar-refractivity contribution < 1.29 is 23.4 Å². The van der Waals surface area contributed by atoms with Crippen LogP contribution in [0.2, 0.25) is 0 Å². The van der Waals surface area contributed by atoms with E-state index in [2.05, 4.69) is 43.4 Å². The van der Waals surface area contributed by atoms with E-state index in [1.54, 1.807) is 19.1 Å². The van der Waals surface area contributed by atoms with Gasteiger partial charge in [0.15, 0.2) is 0 Å². The normalized spacial score (nSPS) is 14.8. The Morgan fingerprint density at radius 1 is 1.05 bits per heavy atom. The van der Waals surface area contributed by atoms with Crippen LogP contribution < -0.4 is 5.32 Å². The molecule has 1 aliphatic rings. The van der Waals surface area contributed by atoms with Gasteiger partial charge in [-0.05, 0) is 91.8 Å². The molecule has 0 amide bonds. The van der Waals surface area contributed by atoms with Gasteiger partial charge in [0, 0.05) is 32.1 Å². The molecule has 3 aromatic rings. The van der Waals surface area contributed by atoms with E-state index in [0.29, 0.717) is 17.9 Å². The van der Waals surface area contributed by atoms with E-state index in [1.807, 2.05) is 30.3 Å². The lowest BCUT2D eigenvalue weighted by molar-refractivity contribution is -0.136. The summed E-state index contributed by atoms with van der Waals surface area (Å²) < 4.78 is 28.1. The molecule has 0 fully saturated rings. The van der Waals surface area contributed by atoms with Crippen LogP contribution in [-0.4, -0.2) is 60.7 Å². The Hall–Kier alpha value is -3.04. The molecule has 41 heavy (non-hydrogen) atoms. The van der Waals surface area contributed by atoms with Crippen LogP contribution in [0.25, 0.3) is 11.1 Å². The number of hydrogen-bond acceptors (Lipinski definition) is 5. The Bertz CT molecular complexity index is 1460. The van der Waals surface area contributed by atoms with Crippen LogP contribution in [-0.2, 0) is 34.1 Å². The van der Waals surface area contributed by atoms with Crippen molar-refractivity contribution in [3.63, 3.8) is 0 Å². The number of benzene rings is 3. The van der Waals surface area contributed by atoms with E-state index in [9.17, 15) is 18.3 Å². The molecule has 0 unspecified atom stereocenters. The van der Waals surface area contributed by atoms with Crippen molar-refractivity contribution in [1.82, 2.24) is 9.62 Å². The fraction of sp³-hybridized carbons (Fsp3) is 0.424. The lowest BCUT2D eigenvalue weighted by Gasteiger charge is -2.31. The first-order valence-corrected chi connectivity index (χ1v) is 15.7. The van der Waals surface area contributed by atoms with E-state index in [-0.39, 0.29) is 29.9 Å². The highest BCUT2D eigenvalue weighted by atomic mass is 32.2. The van der Waals surface area contributed by atoms with Gasteiger partial charge in [-0.2, -0.15) is 4.31 Å². The molecule has 3 aromatic carbocycles. The molecule has 7 nitrogen and oxygen atoms in total. The van der Waals surface area contributed by atoms with Crippen molar-refractivity contribution in [3.8, 4) is 11.1 Å². The summed E-state index contributed by atoms with van der Waals surface area (Å²) in [5, 5.41) is 23.3. The highest BCUT2D eigenvalue weighted by molar-refractivity contribution is 7.89. The van der Waals surface area contributed by atoms with Crippen molar-refractivity contribution >= 4 is 16.0 Å². The molecule has 1 atom stereocenters. The first-order chi connectivity index (χ1) is 19.4. The zero-order valence-corrected chi connectivity index (χ0v) is 25.2. The maximum absolute atomic E-state index is 13.4. The Kier molecular flexibility index (Phi) is 9.70. The molecule has 1 aliphatic carbocycles. The van der Waals surface area contributed by atoms with Gasteiger partial charge in [-0.15, -0.1) is 0 Å². The number of carbonyl (C=O) groups is 1. The second kappa shape index (κ2) is 12.9. The summed E-state index contributed by atoms with van der Waals surface area (Å²) >= 11 is 0. The maximum atomic E-state index is 13.4. The molecule has 0 aliphatic heterocycles. The van der Waals surface area contributed by atoms with Crippen LogP contribution in [0.5, 0.6) is 0 Å². The van der Waals surface area contributed by atoms with Crippen molar-refractivity contribution in [3.05, 3.63) is 89.0 Å². The summed E-state index contributed by atoms with van der Waals surface area (Å²) in [5.74, 6) is -0.314. The summed E-state index contributed by atoms with van der Waals surface area (Å²) in [7, 11) is -2.34. The minimum absolute atomic E-state index is 0.0243. The Morgan fingerprint density at radius 3 is 2.32 bits per heavy atom. The molecule has 3 N–H and O–H groups in total. The topological polar surface area (TPSA) is 107 Å². The van der Waals surface area contributed by atoms with Gasteiger partial charge in [0.25, 0.3) is 0 Å². The number of sulfonamides is 1. The molecule has 220 valence electrons. The summed E-state index contributed by atoms with van der Waals surface area (Å²) in [6, 6.07) is 21.3. The fourth-order valence-electron chi connectivity index (χ4n) is 5.98. The van der Waals surface area contributed by atoms with Crippen molar-refractivity contribution in [2.24, 2.45) is 5.92 Å². The van der Waals surface area contributed by atoms with E-state index in [1.165, 1.54) is 22.5 Å². The molecule has 0 saturated heterocycles. The SMILES string of the molecule is Cc1cc(-c2ccccc2CCC(=O)O)ccc1S(=O)(=O)N(C)C[C@H](O)CNC(C)(C)CC1Cc2ccccc2C1. The predicted molar refractivity (Wildman–Crippen MR) is 162 cm³/mol. The zero-order valence-electron chi connectivity index (χ0n) is 24.4. The average Bonchev–Trinajstić information content (AvgIpc) is 3.32. The summed E-state index contributed by atoms with van der Waals surface area (Å²) in [6.07, 6.45) is 2.65. The number of rotatable bonds is 13. The lowest BCUT2D eigenvalue weighted by Crippen LogP contribution is -2.47. The largest absolute Gasteiger partial charge is 0.481 e. The number of aliphatic carboxylic acids is 1. The molecule has 0 aromatic heterocycles. The molecule has 0 saturated carbocycles. The van der Waals surface area contributed by atoms with Crippen molar-refractivity contribution in [1.29, 1.82) is 0 Å². The first kappa shape index (κ1) is 30.9. The van der Waals surface area contributed by atoms with Crippen molar-refractivity contribution in [2.75, 3.05) is 20.1 Å². The van der Waals surface area contributed by atoms with E-state index < -0.39 is 22.1 Å². The smallest absolute Gasteiger partial charge is 0.303 e. The summed E-state index contributed by atoms with van der Waals surface area (Å²) in [4.78, 5) is 11.3. The molecule has 8 heteroatoms. The number of fused-ring (bicyclic) bond motifs is 1. The van der Waals surface area contributed by atoms with Crippen LogP contribution in [0.1, 0.15) is 48.9 Å². The number of nitrogens with one attached hydrogen (secondary N) is 1. The summed E-state index contributed by atoms with van der Waals surface area (Å²) in [5.41, 5.74) is 5.86. The van der Waals surface area contributed by atoms with Crippen LogP contribution in [0.4, 0.5) is 0 Å². The molecule has 4 rings (SSSR count). The number of aliphatic hydroxyl groups excluding tert-OH is 1. The average molecular weight is 579 g/mol. The highest BCUT2D eigenvalue weighted by Gasteiger charge is 2.30. The standard InChI is InChI=1S/C33H42N2O5S/c1-23-17-28(30-12-8-7-9-25(30)14-16-32(37)38)13-15-31(23)41(39,40)35(4)22-29(36)21-34-33(2,3)20-24-18-26-10-5-6-11-27(26)19-24/h5-13,15,17,24,29,34,36H,14,16,18-22H2,1-4H3,(H,37,38)/t29-/m1/s1. The number of carboxylic acids is 1.